The number of rotatable bonds is 5. The van der Waals surface area contributed by atoms with E-state index in [0.29, 0.717) is 0 Å². The number of hydrogen-bond donors (Lipinski definition) is 2. The first-order valence-corrected chi connectivity index (χ1v) is 6.90. The Morgan fingerprint density at radius 1 is 1.62 bits per heavy atom. The maximum Gasteiger partial charge on any atom is 0.221 e. The third-order valence-electron chi connectivity index (χ3n) is 2.10. The van der Waals surface area contributed by atoms with E-state index in [-0.39, 0.29) is 24.1 Å². The van der Waals surface area contributed by atoms with Crippen LogP contribution in [0, 0.1) is 0 Å². The minimum Gasteiger partial charge on any atom is -0.349 e. The number of nitrogens with zero attached hydrogens (tertiary/aromatic N) is 1. The molecule has 2 N–H and O–H groups in total. The molecule has 6 nitrogen and oxygen atoms in total. The van der Waals surface area contributed by atoms with Crippen LogP contribution in [0.5, 0.6) is 0 Å². The summed E-state index contributed by atoms with van der Waals surface area (Å²) in [5.41, 5.74) is 0.854. The summed E-state index contributed by atoms with van der Waals surface area (Å²) in [6.07, 6.45) is 4.39. The summed E-state index contributed by atoms with van der Waals surface area (Å²) >= 11 is 0. The Hall–Kier alpha value is -1.37. The van der Waals surface area contributed by atoms with Crippen LogP contribution in [-0.4, -0.2) is 36.5 Å². The normalized spacial score (nSPS) is 13.4. The van der Waals surface area contributed by atoms with Crippen molar-refractivity contribution >= 4 is 15.7 Å². The number of hydrogen-bond acceptors (Lipinski definition) is 4. The van der Waals surface area contributed by atoms with Crippen LogP contribution in [0.25, 0.3) is 0 Å². The van der Waals surface area contributed by atoms with E-state index in [1.165, 1.54) is 0 Å². The minimum absolute atomic E-state index is 0.0129. The lowest BCUT2D eigenvalue weighted by molar-refractivity contribution is -0.121. The smallest absolute Gasteiger partial charge is 0.221 e. The Kier molecular flexibility index (Phi) is 4.05. The molecule has 0 bridgehead atoms. The molecule has 0 aliphatic rings. The van der Waals surface area contributed by atoms with Gasteiger partial charge in [0.25, 0.3) is 0 Å². The fraction of sp³-hybridized carbons (Fsp3) is 0.556. The maximum absolute atomic E-state index is 11.4. The first-order valence-electron chi connectivity index (χ1n) is 4.84. The summed E-state index contributed by atoms with van der Waals surface area (Å²) in [7, 11) is -3.09. The predicted octanol–water partition coefficient (Wildman–Crippen LogP) is 0.0216. The van der Waals surface area contributed by atoms with Crippen molar-refractivity contribution in [1.82, 2.24) is 15.5 Å². The van der Waals surface area contributed by atoms with E-state index in [9.17, 15) is 13.2 Å². The Labute approximate surface area is 94.4 Å². The molecule has 1 rings (SSSR count). The van der Waals surface area contributed by atoms with Gasteiger partial charge in [-0.3, -0.25) is 9.89 Å². The second kappa shape index (κ2) is 5.11. The standard InChI is InChI=1S/C9H15N3O3S/c1-7(8-5-10-11-6-8)12-9(13)3-4-16(2,14)15/h5-7H,3-4H2,1-2H3,(H,10,11)(H,12,13). The number of aromatic nitrogens is 2. The number of sulfone groups is 1. The van der Waals surface area contributed by atoms with Crippen molar-refractivity contribution in [3.05, 3.63) is 18.0 Å². The number of amides is 1. The Bertz CT molecular complexity index is 439. The maximum atomic E-state index is 11.4. The Balaban J connectivity index is 2.40. The minimum atomic E-state index is -3.09. The topological polar surface area (TPSA) is 91.9 Å². The molecule has 0 fully saturated rings. The van der Waals surface area contributed by atoms with Crippen molar-refractivity contribution in [2.75, 3.05) is 12.0 Å². The molecule has 1 atom stereocenters. The van der Waals surface area contributed by atoms with Gasteiger partial charge in [-0.2, -0.15) is 5.10 Å². The fourth-order valence-electron chi connectivity index (χ4n) is 1.17. The highest BCUT2D eigenvalue weighted by molar-refractivity contribution is 7.90. The largest absolute Gasteiger partial charge is 0.349 e. The first kappa shape index (κ1) is 12.7. The molecule has 1 aromatic rings. The average molecular weight is 245 g/mol. The van der Waals surface area contributed by atoms with Crippen LogP contribution in [0.2, 0.25) is 0 Å². The molecule has 0 aromatic carbocycles. The van der Waals surface area contributed by atoms with Crippen molar-refractivity contribution in [2.45, 2.75) is 19.4 Å². The van der Waals surface area contributed by atoms with Gasteiger partial charge in [0.1, 0.15) is 9.84 Å². The summed E-state index contributed by atoms with van der Waals surface area (Å²) in [6, 6.07) is -0.175. The van der Waals surface area contributed by atoms with E-state index in [0.717, 1.165) is 11.8 Å². The molecule has 16 heavy (non-hydrogen) atoms. The second-order valence-electron chi connectivity index (χ2n) is 3.70. The zero-order valence-electron chi connectivity index (χ0n) is 9.23. The van der Waals surface area contributed by atoms with Crippen molar-refractivity contribution < 1.29 is 13.2 Å². The zero-order valence-corrected chi connectivity index (χ0v) is 10.0. The van der Waals surface area contributed by atoms with Crippen LogP contribution >= 0.6 is 0 Å². The van der Waals surface area contributed by atoms with Crippen molar-refractivity contribution in [3.8, 4) is 0 Å². The number of aromatic amines is 1. The Morgan fingerprint density at radius 2 is 2.31 bits per heavy atom. The molecule has 0 radical (unpaired) electrons. The molecule has 0 spiro atoms. The lowest BCUT2D eigenvalue weighted by Crippen LogP contribution is -2.28. The Morgan fingerprint density at radius 3 is 2.81 bits per heavy atom. The summed E-state index contributed by atoms with van der Waals surface area (Å²) in [6.45, 7) is 1.81. The highest BCUT2D eigenvalue weighted by atomic mass is 32.2. The molecule has 1 aromatic heterocycles. The lowest BCUT2D eigenvalue weighted by atomic mass is 10.2. The van der Waals surface area contributed by atoms with Gasteiger partial charge in [0.05, 0.1) is 18.0 Å². The number of carbonyl (C=O) groups excluding carboxylic acids is 1. The highest BCUT2D eigenvalue weighted by Crippen LogP contribution is 2.08. The summed E-state index contributed by atoms with van der Waals surface area (Å²) < 4.78 is 21.7. The molecule has 0 saturated carbocycles. The van der Waals surface area contributed by atoms with E-state index in [2.05, 4.69) is 15.5 Å². The van der Waals surface area contributed by atoms with Gasteiger partial charge < -0.3 is 5.32 Å². The van der Waals surface area contributed by atoms with Gasteiger partial charge in [-0.15, -0.1) is 0 Å². The van der Waals surface area contributed by atoms with Crippen LogP contribution in [0.15, 0.2) is 12.4 Å². The second-order valence-corrected chi connectivity index (χ2v) is 5.96. The molecule has 1 unspecified atom stereocenters. The van der Waals surface area contributed by atoms with E-state index in [1.54, 1.807) is 12.4 Å². The van der Waals surface area contributed by atoms with Gasteiger partial charge in [0.15, 0.2) is 0 Å². The molecule has 0 aliphatic carbocycles. The third kappa shape index (κ3) is 4.43. The quantitative estimate of drug-likeness (QED) is 0.765. The lowest BCUT2D eigenvalue weighted by Gasteiger charge is -2.11. The van der Waals surface area contributed by atoms with Crippen molar-refractivity contribution in [2.24, 2.45) is 0 Å². The van der Waals surface area contributed by atoms with E-state index < -0.39 is 9.84 Å². The van der Waals surface area contributed by atoms with Crippen LogP contribution in [-0.2, 0) is 14.6 Å². The molecular weight excluding hydrogens is 230 g/mol. The number of nitrogens with one attached hydrogen (secondary N) is 2. The third-order valence-corrected chi connectivity index (χ3v) is 3.04. The van der Waals surface area contributed by atoms with Crippen molar-refractivity contribution in [1.29, 1.82) is 0 Å². The van der Waals surface area contributed by atoms with Gasteiger partial charge in [-0.25, -0.2) is 8.42 Å². The van der Waals surface area contributed by atoms with Crippen molar-refractivity contribution in [3.63, 3.8) is 0 Å². The molecule has 1 amide bonds. The number of carbonyl (C=O) groups is 1. The average Bonchev–Trinajstić information content (AvgIpc) is 2.66. The van der Waals surface area contributed by atoms with Crippen LogP contribution in [0.1, 0.15) is 24.9 Å². The van der Waals surface area contributed by atoms with Gasteiger partial charge >= 0.3 is 0 Å². The van der Waals surface area contributed by atoms with Gasteiger partial charge in [0, 0.05) is 24.4 Å². The van der Waals surface area contributed by atoms with Gasteiger partial charge in [-0.1, -0.05) is 0 Å². The molecule has 90 valence electrons. The summed E-state index contributed by atoms with van der Waals surface area (Å²) in [5.74, 6) is -0.407. The molecule has 7 heteroatoms. The summed E-state index contributed by atoms with van der Waals surface area (Å²) in [5, 5.41) is 9.10. The molecule has 1 heterocycles. The SMILES string of the molecule is CC(NC(=O)CCS(C)(=O)=O)c1cn[nH]c1. The van der Waals surface area contributed by atoms with Crippen LogP contribution in [0.4, 0.5) is 0 Å². The summed E-state index contributed by atoms with van der Waals surface area (Å²) in [4.78, 5) is 11.4. The van der Waals surface area contributed by atoms with Gasteiger partial charge in [-0.05, 0) is 6.92 Å². The molecule has 0 saturated heterocycles. The number of H-pyrrole nitrogens is 1. The van der Waals surface area contributed by atoms with Gasteiger partial charge in [0.2, 0.25) is 5.91 Å². The van der Waals surface area contributed by atoms with E-state index in [4.69, 9.17) is 0 Å². The van der Waals surface area contributed by atoms with Crippen LogP contribution < -0.4 is 5.32 Å². The fourth-order valence-corrected chi connectivity index (χ4v) is 1.73. The molecule has 0 aliphatic heterocycles. The predicted molar refractivity (Wildman–Crippen MR) is 59.5 cm³/mol. The zero-order chi connectivity index (χ0) is 12.2. The van der Waals surface area contributed by atoms with Crippen LogP contribution in [0.3, 0.4) is 0 Å². The highest BCUT2D eigenvalue weighted by Gasteiger charge is 2.12. The molecular formula is C9H15N3O3S. The first-order chi connectivity index (χ1) is 7.38. The van der Waals surface area contributed by atoms with E-state index in [1.807, 2.05) is 6.92 Å². The van der Waals surface area contributed by atoms with E-state index >= 15 is 0 Å². The monoisotopic (exact) mass is 245 g/mol.